The van der Waals surface area contributed by atoms with Crippen molar-refractivity contribution in [2.24, 2.45) is 5.92 Å². The summed E-state index contributed by atoms with van der Waals surface area (Å²) in [5, 5.41) is 15.1. The fourth-order valence-corrected chi connectivity index (χ4v) is 3.52. The van der Waals surface area contributed by atoms with Crippen molar-refractivity contribution in [3.05, 3.63) is 40.0 Å². The van der Waals surface area contributed by atoms with Crippen molar-refractivity contribution in [1.29, 1.82) is 5.26 Å². The molecule has 5 heteroatoms. The standard InChI is InChI=1S/C17H18N4S/c1-10(2)7-15-20-21-14(9-18)16(19-17(21)22-15)13-6-5-11(3)12(4)8-13/h5-6,8,10H,7H2,1-4H3. The van der Waals surface area contributed by atoms with Gasteiger partial charge in [0.05, 0.1) is 0 Å². The second-order valence-electron chi connectivity index (χ2n) is 6.01. The van der Waals surface area contributed by atoms with E-state index in [2.05, 4.69) is 56.0 Å². The lowest BCUT2D eigenvalue weighted by atomic mass is 10.0. The van der Waals surface area contributed by atoms with Gasteiger partial charge in [0, 0.05) is 12.0 Å². The average Bonchev–Trinajstić information content (AvgIpc) is 2.97. The number of hydrogen-bond acceptors (Lipinski definition) is 4. The van der Waals surface area contributed by atoms with Crippen LogP contribution < -0.4 is 0 Å². The topological polar surface area (TPSA) is 54.0 Å². The number of benzene rings is 1. The van der Waals surface area contributed by atoms with Gasteiger partial charge in [0.1, 0.15) is 16.8 Å². The van der Waals surface area contributed by atoms with E-state index in [0.717, 1.165) is 27.6 Å². The largest absolute Gasteiger partial charge is 0.216 e. The minimum absolute atomic E-state index is 0.518. The van der Waals surface area contributed by atoms with Gasteiger partial charge in [0.2, 0.25) is 4.96 Å². The van der Waals surface area contributed by atoms with Crippen molar-refractivity contribution < 1.29 is 0 Å². The molecule has 0 saturated heterocycles. The zero-order valence-corrected chi connectivity index (χ0v) is 14.0. The first kappa shape index (κ1) is 14.7. The van der Waals surface area contributed by atoms with E-state index in [9.17, 15) is 5.26 Å². The third-order valence-corrected chi connectivity index (χ3v) is 4.65. The molecule has 0 aliphatic carbocycles. The molecule has 0 saturated carbocycles. The molecule has 2 aromatic heterocycles. The maximum absolute atomic E-state index is 9.54. The van der Waals surface area contributed by atoms with Crippen molar-refractivity contribution in [3.63, 3.8) is 0 Å². The lowest BCUT2D eigenvalue weighted by Gasteiger charge is -2.03. The zero-order chi connectivity index (χ0) is 15.9. The third kappa shape index (κ3) is 2.51. The Hall–Kier alpha value is -2.19. The Morgan fingerprint density at radius 3 is 2.68 bits per heavy atom. The highest BCUT2D eigenvalue weighted by atomic mass is 32.1. The summed E-state index contributed by atoms with van der Waals surface area (Å²) in [7, 11) is 0. The molecule has 0 aliphatic heterocycles. The Kier molecular flexibility index (Phi) is 3.71. The van der Waals surface area contributed by atoms with E-state index in [1.165, 1.54) is 11.1 Å². The van der Waals surface area contributed by atoms with Crippen LogP contribution >= 0.6 is 11.3 Å². The van der Waals surface area contributed by atoms with Crippen molar-refractivity contribution in [1.82, 2.24) is 14.6 Å². The third-order valence-electron chi connectivity index (χ3n) is 3.71. The molecule has 3 rings (SSSR count). The van der Waals surface area contributed by atoms with Crippen LogP contribution in [0.4, 0.5) is 0 Å². The highest BCUT2D eigenvalue weighted by molar-refractivity contribution is 7.16. The SMILES string of the molecule is Cc1ccc(-c2nc3sc(CC(C)C)nn3c2C#N)cc1C. The molecular weight excluding hydrogens is 292 g/mol. The second kappa shape index (κ2) is 5.54. The van der Waals surface area contributed by atoms with Crippen LogP contribution in [0.1, 0.15) is 35.7 Å². The Morgan fingerprint density at radius 1 is 1.27 bits per heavy atom. The average molecular weight is 310 g/mol. The summed E-state index contributed by atoms with van der Waals surface area (Å²) in [4.78, 5) is 5.44. The highest BCUT2D eigenvalue weighted by Crippen LogP contribution is 2.28. The van der Waals surface area contributed by atoms with Crippen LogP contribution in [0.2, 0.25) is 0 Å². The highest BCUT2D eigenvalue weighted by Gasteiger charge is 2.18. The molecule has 0 amide bonds. The van der Waals surface area contributed by atoms with Crippen molar-refractivity contribution in [2.45, 2.75) is 34.1 Å². The fraction of sp³-hybridized carbons (Fsp3) is 0.353. The molecule has 0 fully saturated rings. The van der Waals surface area contributed by atoms with Gasteiger partial charge < -0.3 is 0 Å². The number of hydrogen-bond donors (Lipinski definition) is 0. The van der Waals surface area contributed by atoms with Crippen LogP contribution in [0, 0.1) is 31.1 Å². The quantitative estimate of drug-likeness (QED) is 0.730. The maximum atomic E-state index is 9.54. The summed E-state index contributed by atoms with van der Waals surface area (Å²) in [5.41, 5.74) is 4.65. The van der Waals surface area contributed by atoms with E-state index in [1.54, 1.807) is 15.9 Å². The first-order valence-electron chi connectivity index (χ1n) is 7.35. The Morgan fingerprint density at radius 2 is 2.05 bits per heavy atom. The first-order chi connectivity index (χ1) is 10.5. The summed E-state index contributed by atoms with van der Waals surface area (Å²) in [6.07, 6.45) is 0.915. The summed E-state index contributed by atoms with van der Waals surface area (Å²) >= 11 is 1.57. The minimum atomic E-state index is 0.518. The molecule has 0 spiro atoms. The summed E-state index contributed by atoms with van der Waals surface area (Å²) in [6.45, 7) is 8.48. The van der Waals surface area contributed by atoms with Gasteiger partial charge in [-0.2, -0.15) is 14.9 Å². The molecule has 0 radical (unpaired) electrons. The summed E-state index contributed by atoms with van der Waals surface area (Å²) in [5.74, 6) is 0.542. The van der Waals surface area contributed by atoms with Gasteiger partial charge in [-0.3, -0.25) is 0 Å². The first-order valence-corrected chi connectivity index (χ1v) is 8.17. The molecule has 0 N–H and O–H groups in total. The summed E-state index contributed by atoms with van der Waals surface area (Å²) in [6, 6.07) is 8.43. The van der Waals surface area contributed by atoms with Crippen LogP contribution in [-0.4, -0.2) is 14.6 Å². The van der Waals surface area contributed by atoms with Crippen molar-refractivity contribution in [2.75, 3.05) is 0 Å². The van der Waals surface area contributed by atoms with Crippen LogP contribution in [-0.2, 0) is 6.42 Å². The van der Waals surface area contributed by atoms with Gasteiger partial charge in [-0.05, 0) is 37.0 Å². The van der Waals surface area contributed by atoms with Gasteiger partial charge >= 0.3 is 0 Å². The van der Waals surface area contributed by atoms with Crippen LogP contribution in [0.5, 0.6) is 0 Å². The fourth-order valence-electron chi connectivity index (χ4n) is 2.41. The zero-order valence-electron chi connectivity index (χ0n) is 13.2. The summed E-state index contributed by atoms with van der Waals surface area (Å²) < 4.78 is 1.69. The minimum Gasteiger partial charge on any atom is -0.216 e. The monoisotopic (exact) mass is 310 g/mol. The number of aromatic nitrogens is 3. The Bertz CT molecular complexity index is 880. The molecular formula is C17H18N4S. The second-order valence-corrected chi connectivity index (χ2v) is 7.05. The molecule has 0 atom stereocenters. The molecule has 3 aromatic rings. The molecule has 2 heterocycles. The predicted molar refractivity (Wildman–Crippen MR) is 89.0 cm³/mol. The molecule has 0 unspecified atom stereocenters. The van der Waals surface area contributed by atoms with Crippen molar-refractivity contribution in [3.8, 4) is 17.3 Å². The molecule has 1 aromatic carbocycles. The van der Waals surface area contributed by atoms with Crippen molar-refractivity contribution >= 4 is 16.3 Å². The predicted octanol–water partition coefficient (Wildman–Crippen LogP) is 4.14. The lowest BCUT2D eigenvalue weighted by molar-refractivity contribution is 0.636. The smallest absolute Gasteiger partial charge is 0.214 e. The van der Waals surface area contributed by atoms with E-state index in [4.69, 9.17) is 0 Å². The number of nitriles is 1. The molecule has 0 bridgehead atoms. The Labute approximate surface area is 134 Å². The number of imidazole rings is 1. The van der Waals surface area contributed by atoms with Crippen LogP contribution in [0.25, 0.3) is 16.2 Å². The number of rotatable bonds is 3. The number of aryl methyl sites for hydroxylation is 2. The normalized spacial score (nSPS) is 11.3. The number of fused-ring (bicyclic) bond motifs is 1. The molecule has 112 valence electrons. The van der Waals surface area contributed by atoms with Gasteiger partial charge in [-0.15, -0.1) is 0 Å². The van der Waals surface area contributed by atoms with Gasteiger partial charge in [-0.25, -0.2) is 4.98 Å². The van der Waals surface area contributed by atoms with E-state index >= 15 is 0 Å². The van der Waals surface area contributed by atoms with Crippen LogP contribution in [0.3, 0.4) is 0 Å². The lowest BCUT2D eigenvalue weighted by Crippen LogP contribution is -1.96. The van der Waals surface area contributed by atoms with E-state index in [1.807, 2.05) is 6.07 Å². The maximum Gasteiger partial charge on any atom is 0.214 e. The van der Waals surface area contributed by atoms with Gasteiger partial charge in [0.25, 0.3) is 0 Å². The Balaban J connectivity index is 2.12. The molecule has 0 aliphatic rings. The van der Waals surface area contributed by atoms with Gasteiger partial charge in [0.15, 0.2) is 5.69 Å². The van der Waals surface area contributed by atoms with Gasteiger partial charge in [-0.1, -0.05) is 37.3 Å². The van der Waals surface area contributed by atoms with E-state index in [0.29, 0.717) is 11.6 Å². The molecule has 4 nitrogen and oxygen atoms in total. The molecule has 22 heavy (non-hydrogen) atoms. The van der Waals surface area contributed by atoms with Crippen LogP contribution in [0.15, 0.2) is 18.2 Å². The van der Waals surface area contributed by atoms with E-state index in [-0.39, 0.29) is 0 Å². The van der Waals surface area contributed by atoms with E-state index < -0.39 is 0 Å². The number of nitrogens with zero attached hydrogens (tertiary/aromatic N) is 4.